The zero-order valence-electron chi connectivity index (χ0n) is 12.0. The molecule has 2 atom stereocenters. The van der Waals surface area contributed by atoms with Gasteiger partial charge >= 0.3 is 5.97 Å². The smallest absolute Gasteiger partial charge is 0.326 e. The first-order valence-corrected chi connectivity index (χ1v) is 7.12. The molecule has 0 aromatic heterocycles. The van der Waals surface area contributed by atoms with Gasteiger partial charge in [0.25, 0.3) is 0 Å². The standard InChI is InChI=1S/C16H19NO4/c1-11(10-14(18)12-6-3-2-4-7-12)15(19)17-9-5-8-13(17)16(20)21/h2-4,6-7,11,13H,5,8-10H2,1H3,(H,20,21)/t11-,13+/m1/s1. The Kier molecular flexibility index (Phi) is 4.73. The van der Waals surface area contributed by atoms with E-state index >= 15 is 0 Å². The van der Waals surface area contributed by atoms with Crippen LogP contribution in [0.1, 0.15) is 36.5 Å². The summed E-state index contributed by atoms with van der Waals surface area (Å²) in [5, 5.41) is 9.11. The van der Waals surface area contributed by atoms with Gasteiger partial charge in [-0.25, -0.2) is 4.79 Å². The Bertz CT molecular complexity index is 540. The lowest BCUT2D eigenvalue weighted by atomic mass is 9.98. The highest BCUT2D eigenvalue weighted by atomic mass is 16.4. The number of Topliss-reactive ketones (excluding diaryl/α,β-unsaturated/α-hetero) is 1. The van der Waals surface area contributed by atoms with Gasteiger partial charge in [0.2, 0.25) is 5.91 Å². The number of hydrogen-bond donors (Lipinski definition) is 1. The van der Waals surface area contributed by atoms with E-state index in [0.29, 0.717) is 24.9 Å². The zero-order chi connectivity index (χ0) is 15.4. The molecule has 0 aliphatic carbocycles. The third-order valence-corrected chi connectivity index (χ3v) is 3.83. The number of carbonyl (C=O) groups is 3. The summed E-state index contributed by atoms with van der Waals surface area (Å²) in [5.41, 5.74) is 0.577. The molecule has 1 saturated heterocycles. The number of carbonyl (C=O) groups excluding carboxylic acids is 2. The predicted molar refractivity (Wildman–Crippen MR) is 76.9 cm³/mol. The molecular weight excluding hydrogens is 270 g/mol. The largest absolute Gasteiger partial charge is 0.480 e. The maximum absolute atomic E-state index is 12.3. The topological polar surface area (TPSA) is 74.7 Å². The summed E-state index contributed by atoms with van der Waals surface area (Å²) in [7, 11) is 0. The van der Waals surface area contributed by atoms with E-state index in [1.807, 2.05) is 6.07 Å². The van der Waals surface area contributed by atoms with Crippen LogP contribution in [0.15, 0.2) is 30.3 Å². The maximum atomic E-state index is 12.3. The number of amides is 1. The normalized spacial score (nSPS) is 19.3. The van der Waals surface area contributed by atoms with Gasteiger partial charge in [0, 0.05) is 24.4 Å². The lowest BCUT2D eigenvalue weighted by Crippen LogP contribution is -2.43. The maximum Gasteiger partial charge on any atom is 0.326 e. The van der Waals surface area contributed by atoms with Crippen LogP contribution in [0.3, 0.4) is 0 Å². The van der Waals surface area contributed by atoms with Gasteiger partial charge in [-0.15, -0.1) is 0 Å². The molecular formula is C16H19NO4. The minimum atomic E-state index is -0.970. The second kappa shape index (κ2) is 6.52. The van der Waals surface area contributed by atoms with E-state index in [1.165, 1.54) is 4.90 Å². The van der Waals surface area contributed by atoms with Crippen molar-refractivity contribution in [2.75, 3.05) is 6.54 Å². The fourth-order valence-corrected chi connectivity index (χ4v) is 2.68. The Morgan fingerprint density at radius 2 is 1.95 bits per heavy atom. The van der Waals surface area contributed by atoms with Gasteiger partial charge in [-0.3, -0.25) is 9.59 Å². The second-order valence-electron chi connectivity index (χ2n) is 5.42. The molecule has 0 radical (unpaired) electrons. The molecule has 5 nitrogen and oxygen atoms in total. The average molecular weight is 289 g/mol. The fraction of sp³-hybridized carbons (Fsp3) is 0.438. The van der Waals surface area contributed by atoms with Gasteiger partial charge in [0.05, 0.1) is 0 Å². The SMILES string of the molecule is C[C@H](CC(=O)c1ccccc1)C(=O)N1CCC[C@H]1C(=O)O. The molecule has 1 N–H and O–H groups in total. The van der Waals surface area contributed by atoms with E-state index in [1.54, 1.807) is 31.2 Å². The van der Waals surface area contributed by atoms with Gasteiger partial charge < -0.3 is 10.0 Å². The van der Waals surface area contributed by atoms with Crippen LogP contribution >= 0.6 is 0 Å². The van der Waals surface area contributed by atoms with Gasteiger partial charge in [0.1, 0.15) is 6.04 Å². The molecule has 1 aromatic carbocycles. The Balaban J connectivity index is 2.00. The van der Waals surface area contributed by atoms with Crippen molar-refractivity contribution in [3.8, 4) is 0 Å². The molecule has 0 bridgehead atoms. The molecule has 1 aliphatic rings. The Morgan fingerprint density at radius 3 is 2.57 bits per heavy atom. The summed E-state index contributed by atoms with van der Waals surface area (Å²) in [5.74, 6) is -1.81. The summed E-state index contributed by atoms with van der Waals surface area (Å²) in [6, 6.07) is 8.07. The minimum Gasteiger partial charge on any atom is -0.480 e. The van der Waals surface area contributed by atoms with Crippen LogP contribution in [0.2, 0.25) is 0 Å². The first kappa shape index (κ1) is 15.2. The number of benzene rings is 1. The average Bonchev–Trinajstić information content (AvgIpc) is 2.96. The second-order valence-corrected chi connectivity index (χ2v) is 5.42. The number of carboxylic acid groups (broad SMARTS) is 1. The van der Waals surface area contributed by atoms with Crippen LogP contribution in [0.4, 0.5) is 0 Å². The molecule has 1 amide bonds. The molecule has 0 spiro atoms. The van der Waals surface area contributed by atoms with Crippen molar-refractivity contribution in [2.45, 2.75) is 32.2 Å². The van der Waals surface area contributed by atoms with Gasteiger partial charge in [0.15, 0.2) is 5.78 Å². The molecule has 1 aliphatic heterocycles. The van der Waals surface area contributed by atoms with Crippen LogP contribution < -0.4 is 0 Å². The van der Waals surface area contributed by atoms with Crippen molar-refractivity contribution in [3.63, 3.8) is 0 Å². The molecule has 2 rings (SSSR count). The third kappa shape index (κ3) is 3.48. The van der Waals surface area contributed by atoms with Crippen LogP contribution in [0.25, 0.3) is 0 Å². The molecule has 21 heavy (non-hydrogen) atoms. The van der Waals surface area contributed by atoms with Gasteiger partial charge in [-0.05, 0) is 12.8 Å². The highest BCUT2D eigenvalue weighted by Crippen LogP contribution is 2.22. The summed E-state index contributed by atoms with van der Waals surface area (Å²) in [4.78, 5) is 37.0. The van der Waals surface area contributed by atoms with Crippen LogP contribution in [0.5, 0.6) is 0 Å². The number of ketones is 1. The Hall–Kier alpha value is -2.17. The molecule has 1 heterocycles. The van der Waals surface area contributed by atoms with Crippen molar-refractivity contribution in [1.82, 2.24) is 4.90 Å². The van der Waals surface area contributed by atoms with E-state index in [2.05, 4.69) is 0 Å². The first-order chi connectivity index (χ1) is 10.0. The van der Waals surface area contributed by atoms with Crippen LogP contribution in [0, 0.1) is 5.92 Å². The van der Waals surface area contributed by atoms with Crippen LogP contribution in [-0.4, -0.2) is 40.3 Å². The lowest BCUT2D eigenvalue weighted by Gasteiger charge is -2.24. The van der Waals surface area contributed by atoms with E-state index < -0.39 is 17.9 Å². The van der Waals surface area contributed by atoms with E-state index in [-0.39, 0.29) is 18.1 Å². The molecule has 5 heteroatoms. The van der Waals surface area contributed by atoms with Crippen molar-refractivity contribution in [1.29, 1.82) is 0 Å². The Morgan fingerprint density at radius 1 is 1.29 bits per heavy atom. The number of nitrogens with zero attached hydrogens (tertiary/aromatic N) is 1. The zero-order valence-corrected chi connectivity index (χ0v) is 12.0. The van der Waals surface area contributed by atoms with Crippen molar-refractivity contribution >= 4 is 17.7 Å². The molecule has 1 fully saturated rings. The van der Waals surface area contributed by atoms with Crippen molar-refractivity contribution in [3.05, 3.63) is 35.9 Å². The monoisotopic (exact) mass is 289 g/mol. The quantitative estimate of drug-likeness (QED) is 0.841. The van der Waals surface area contributed by atoms with Gasteiger partial charge in [-0.2, -0.15) is 0 Å². The van der Waals surface area contributed by atoms with Gasteiger partial charge in [-0.1, -0.05) is 37.3 Å². The molecule has 1 aromatic rings. The highest BCUT2D eigenvalue weighted by Gasteiger charge is 2.36. The molecule has 0 saturated carbocycles. The minimum absolute atomic E-state index is 0.0949. The molecule has 0 unspecified atom stereocenters. The third-order valence-electron chi connectivity index (χ3n) is 3.83. The summed E-state index contributed by atoms with van der Waals surface area (Å²) in [6.45, 7) is 2.14. The van der Waals surface area contributed by atoms with Crippen LogP contribution in [-0.2, 0) is 9.59 Å². The number of rotatable bonds is 5. The van der Waals surface area contributed by atoms with E-state index in [0.717, 1.165) is 0 Å². The Labute approximate surface area is 123 Å². The first-order valence-electron chi connectivity index (χ1n) is 7.12. The summed E-state index contributed by atoms with van der Waals surface area (Å²) in [6.07, 6.45) is 1.29. The summed E-state index contributed by atoms with van der Waals surface area (Å²) >= 11 is 0. The van der Waals surface area contributed by atoms with Crippen molar-refractivity contribution in [2.24, 2.45) is 5.92 Å². The lowest BCUT2D eigenvalue weighted by molar-refractivity contribution is -0.149. The number of hydrogen-bond acceptors (Lipinski definition) is 3. The van der Waals surface area contributed by atoms with E-state index in [9.17, 15) is 14.4 Å². The number of carboxylic acids is 1. The fourth-order valence-electron chi connectivity index (χ4n) is 2.68. The predicted octanol–water partition coefficient (Wildman–Crippen LogP) is 1.97. The number of likely N-dealkylation sites (tertiary alicyclic amines) is 1. The van der Waals surface area contributed by atoms with Crippen molar-refractivity contribution < 1.29 is 19.5 Å². The highest BCUT2D eigenvalue weighted by molar-refractivity contribution is 5.98. The summed E-state index contributed by atoms with van der Waals surface area (Å²) < 4.78 is 0. The van der Waals surface area contributed by atoms with E-state index in [4.69, 9.17) is 5.11 Å². The number of aliphatic carboxylic acids is 1. The molecule has 112 valence electrons.